The molecular weight excluding hydrogens is 1550 g/mol. The average molecular weight is 1770 g/mol. The van der Waals surface area contributed by atoms with Crippen LogP contribution >= 0.6 is 0 Å². The van der Waals surface area contributed by atoms with E-state index in [0.717, 1.165) is 123 Å². The zero-order valence-electron chi connectivity index (χ0n) is 89.2. The summed E-state index contributed by atoms with van der Waals surface area (Å²) >= 11 is 0. The summed E-state index contributed by atoms with van der Waals surface area (Å²) < 4.78 is 70.3. The van der Waals surface area contributed by atoms with Gasteiger partial charge in [-0.25, -0.2) is 0 Å². The van der Waals surface area contributed by atoms with Gasteiger partial charge in [-0.3, -0.25) is 14.7 Å². The van der Waals surface area contributed by atoms with Crippen LogP contribution in [0, 0.1) is 76.9 Å². The number of alkyl halides is 6. The van der Waals surface area contributed by atoms with Gasteiger partial charge in [0, 0.05) is 126 Å². The van der Waals surface area contributed by atoms with Crippen LogP contribution in [0.4, 0.5) is 26.3 Å². The van der Waals surface area contributed by atoms with Crippen LogP contribution in [-0.2, 0) is 0 Å². The van der Waals surface area contributed by atoms with E-state index in [0.29, 0.717) is 29.6 Å². The topological polar surface area (TPSA) is 76.7 Å². The Morgan fingerprint density at radius 3 is 1.15 bits per heavy atom. The molecule has 744 valence electrons. The third-order valence-corrected chi connectivity index (χ3v) is 25.4. The quantitative estimate of drug-likeness (QED) is 0.0721. The highest BCUT2D eigenvalue weighted by atomic mass is 19.4. The van der Waals surface area contributed by atoms with Gasteiger partial charge in [0.15, 0.2) is 0 Å². The van der Waals surface area contributed by atoms with Crippen molar-refractivity contribution in [2.75, 3.05) is 177 Å². The molecular formula is C104H220F6N12O. The zero-order chi connectivity index (χ0) is 95.2. The maximum absolute atomic E-state index is 12.0. The molecule has 9 heterocycles. The fourth-order valence-corrected chi connectivity index (χ4v) is 17.6. The lowest BCUT2D eigenvalue weighted by atomic mass is 9.87. The maximum Gasteiger partial charge on any atom is 0.401 e. The standard InChI is InChI=1S/C12H25N.C11H23N.2C10H21N.C9H19N.C8H14F3N.C8H17NO.2C8H17N.2C7H17N.C6H12F3N/c1-10(2)11(3)13-9-7-6-8-12(13,4)5;1-10(2)9-12-8-6-5-7-11(12,3)4;1-9(2)8-11-7-5-4-6-10(11)3;1-9(2)10(3)11-7-5-4-6-8-11;1-9(2)8-10-6-4-3-5-7-10;1-6(2)3-12-4-7(5-12)8(9,10)11;1-7(2)4-9-5-8(3,10)6-9;1-7(2)4-9-5-8(3)6-9;1-8(2)9-6-4-3-5-7-9;1-5-8(4)6-7(2)3;1-5-8-7(4)6(2)3;1-5(2)3-10-4-6(7,8)9/h10-11H,6-9H2,1-5H3;10H,5-9H2,1-4H3;2*9-10H,4-8H2,1-3H3;9H,3-8H2,1-2H3;6-7H,3-5H2,1-2H3;7,10H,4-6H2,1-3H3;7-8H,4-6H2,1-3H3;8H,3-7H2,1-2H3;7H,5-6H2,1-4H3;6-8H,5H2,1-4H3;5,10H,3-4H2,1-2H3. The van der Waals surface area contributed by atoms with E-state index in [2.05, 4.69) is 276 Å². The van der Waals surface area contributed by atoms with Gasteiger partial charge in [-0.15, -0.1) is 0 Å². The van der Waals surface area contributed by atoms with Crippen molar-refractivity contribution in [1.82, 2.24) is 59.6 Å². The smallest absolute Gasteiger partial charge is 0.388 e. The van der Waals surface area contributed by atoms with E-state index < -0.39 is 30.4 Å². The van der Waals surface area contributed by atoms with E-state index in [4.69, 9.17) is 0 Å². The number of aliphatic hydroxyl groups is 1. The molecule has 0 radical (unpaired) electrons. The van der Waals surface area contributed by atoms with Crippen LogP contribution in [0.5, 0.6) is 0 Å². The summed E-state index contributed by atoms with van der Waals surface area (Å²) in [5, 5.41) is 15.0. The van der Waals surface area contributed by atoms with Gasteiger partial charge >= 0.3 is 12.4 Å². The highest BCUT2D eigenvalue weighted by molar-refractivity contribution is 4.93. The van der Waals surface area contributed by atoms with Crippen molar-refractivity contribution in [3.05, 3.63) is 0 Å². The number of β-amino-alcohol motifs (C(OH)–C–C–N with tert-alkyl or cyclic N) is 1. The third kappa shape index (κ3) is 68.7. The Bertz CT molecular complexity index is 2330. The Labute approximate surface area is 765 Å². The van der Waals surface area contributed by atoms with Crippen LogP contribution in [0.3, 0.4) is 0 Å². The molecule has 0 aromatic carbocycles. The summed E-state index contributed by atoms with van der Waals surface area (Å²) in [6, 6.07) is 3.79. The van der Waals surface area contributed by atoms with Gasteiger partial charge in [-0.2, -0.15) is 26.3 Å². The van der Waals surface area contributed by atoms with Crippen molar-refractivity contribution in [3.63, 3.8) is 0 Å². The van der Waals surface area contributed by atoms with Gasteiger partial charge in [0.05, 0.1) is 18.1 Å². The summed E-state index contributed by atoms with van der Waals surface area (Å²) in [7, 11) is 2.15. The van der Waals surface area contributed by atoms with Crippen LogP contribution in [0.2, 0.25) is 0 Å². The first-order valence-corrected chi connectivity index (χ1v) is 51.4. The Balaban J connectivity index is -0.00000128. The summed E-state index contributed by atoms with van der Waals surface area (Å²) in [5.41, 5.74) is 0.499. The molecule has 9 fully saturated rings. The number of likely N-dealkylation sites (tertiary alicyclic amines) is 9. The van der Waals surface area contributed by atoms with Crippen molar-refractivity contribution in [1.29, 1.82) is 0 Å². The molecule has 0 aromatic heterocycles. The molecule has 9 rings (SSSR count). The molecule has 9 aliphatic heterocycles. The van der Waals surface area contributed by atoms with Crippen LogP contribution in [0.15, 0.2) is 0 Å². The highest BCUT2D eigenvalue weighted by Gasteiger charge is 2.47. The number of halogens is 6. The number of nitrogens with zero attached hydrogens (tertiary/aromatic N) is 10. The minimum absolute atomic E-state index is 0.196. The fourth-order valence-electron chi connectivity index (χ4n) is 17.6. The van der Waals surface area contributed by atoms with E-state index >= 15 is 0 Å². The second-order valence-corrected chi connectivity index (χ2v) is 45.4. The maximum atomic E-state index is 12.0. The largest absolute Gasteiger partial charge is 0.401 e. The molecule has 0 spiro atoms. The minimum Gasteiger partial charge on any atom is -0.388 e. The van der Waals surface area contributed by atoms with Crippen LogP contribution in [0.1, 0.15) is 365 Å². The second kappa shape index (κ2) is 69.0. The molecule has 3 N–H and O–H groups in total. The van der Waals surface area contributed by atoms with Gasteiger partial charge in [0.1, 0.15) is 0 Å². The molecule has 4 unspecified atom stereocenters. The fraction of sp³-hybridized carbons (Fsp3) is 1.00. The monoisotopic (exact) mass is 1770 g/mol. The lowest BCUT2D eigenvalue weighted by molar-refractivity contribution is -0.209. The first-order chi connectivity index (χ1) is 56.8. The number of hydrogen-bond donors (Lipinski definition) is 3. The number of nitrogens with one attached hydrogen (secondary N) is 2. The lowest BCUT2D eigenvalue weighted by Gasteiger charge is -2.47. The molecule has 0 aliphatic carbocycles. The molecule has 0 amide bonds. The zero-order valence-corrected chi connectivity index (χ0v) is 89.2. The second-order valence-electron chi connectivity index (χ2n) is 45.4. The Kier molecular flexibility index (Phi) is 70.8. The molecule has 0 aromatic rings. The average Bonchev–Trinajstić information content (AvgIpc) is 0.838. The molecule has 4 atom stereocenters. The highest BCUT2D eigenvalue weighted by Crippen LogP contribution is 2.35. The summed E-state index contributed by atoms with van der Waals surface area (Å²) in [4.78, 5) is 24.7. The Morgan fingerprint density at radius 1 is 0.415 bits per heavy atom. The molecule has 9 saturated heterocycles. The van der Waals surface area contributed by atoms with Crippen LogP contribution < -0.4 is 10.6 Å². The van der Waals surface area contributed by atoms with Crippen molar-refractivity contribution >= 4 is 0 Å². The number of rotatable bonds is 26. The third-order valence-electron chi connectivity index (χ3n) is 25.4. The SMILES string of the molecule is CC(C)C(C)N1CCCCC1.CC(C)C(C)N1CCCCC1(C)C.CC(C)CN1CC(C(F)(F)F)C1.CC(C)CN1CC(C)(O)C1.CC(C)CN1CC(C)C1.CC(C)CN1CCCCC1.CC(C)CN1CCCCC1(C)C.CC(C)CN1CCCCC1C.CC(C)CNCC(F)(F)F.CC(C)N1CCCCC1.CCN(C)CC(C)C.CCNC(C)C(C)C. The van der Waals surface area contributed by atoms with E-state index in [1.807, 2.05) is 39.5 Å². The molecule has 0 bridgehead atoms. The van der Waals surface area contributed by atoms with E-state index in [9.17, 15) is 31.4 Å². The predicted molar refractivity (Wildman–Crippen MR) is 531 cm³/mol. The molecule has 19 heteroatoms. The Morgan fingerprint density at radius 2 is 0.821 bits per heavy atom. The van der Waals surface area contributed by atoms with Gasteiger partial charge < -0.3 is 50.0 Å². The van der Waals surface area contributed by atoms with Crippen molar-refractivity contribution < 1.29 is 31.4 Å². The molecule has 9 aliphatic rings. The number of piperidine rings is 6. The van der Waals surface area contributed by atoms with Gasteiger partial charge in [-0.05, 0) is 310 Å². The van der Waals surface area contributed by atoms with Crippen molar-refractivity contribution in [3.8, 4) is 0 Å². The van der Waals surface area contributed by atoms with Gasteiger partial charge in [-0.1, -0.05) is 212 Å². The summed E-state index contributed by atoms with van der Waals surface area (Å²) in [6.45, 7) is 108. The van der Waals surface area contributed by atoms with Crippen molar-refractivity contribution in [2.24, 2.45) is 76.9 Å². The first kappa shape index (κ1) is 126. The predicted octanol–water partition coefficient (Wildman–Crippen LogP) is 24.7. The van der Waals surface area contributed by atoms with E-state index in [-0.39, 0.29) is 19.0 Å². The van der Waals surface area contributed by atoms with Crippen LogP contribution in [0.25, 0.3) is 0 Å². The summed E-state index contributed by atoms with van der Waals surface area (Å²) in [5.74, 6) is 7.81. The summed E-state index contributed by atoms with van der Waals surface area (Å²) in [6.07, 6.45) is 17.4. The Hall–Kier alpha value is -0.940. The van der Waals surface area contributed by atoms with Gasteiger partial charge in [0.25, 0.3) is 0 Å². The van der Waals surface area contributed by atoms with E-state index in [1.165, 1.54) is 220 Å². The van der Waals surface area contributed by atoms with E-state index in [1.54, 1.807) is 0 Å². The first-order valence-electron chi connectivity index (χ1n) is 51.4. The lowest BCUT2D eigenvalue weighted by Crippen LogP contribution is -2.60. The molecule has 123 heavy (non-hydrogen) atoms. The normalized spacial score (nSPS) is 21.8. The van der Waals surface area contributed by atoms with Crippen LogP contribution in [-0.4, -0.2) is 291 Å². The minimum atomic E-state index is -4.07. The van der Waals surface area contributed by atoms with Gasteiger partial charge in [0.2, 0.25) is 0 Å². The number of hydrogen-bond acceptors (Lipinski definition) is 13. The molecule has 0 saturated carbocycles. The van der Waals surface area contributed by atoms with Crippen molar-refractivity contribution in [2.45, 2.75) is 424 Å². The molecule has 13 nitrogen and oxygen atoms in total.